The molecule has 1 fully saturated rings. The fourth-order valence-electron chi connectivity index (χ4n) is 2.86. The monoisotopic (exact) mass is 386 g/mol. The smallest absolute Gasteiger partial charge is 0.414 e. The van der Waals surface area contributed by atoms with Crippen molar-refractivity contribution in [3.63, 3.8) is 0 Å². The van der Waals surface area contributed by atoms with Crippen LogP contribution in [0.15, 0.2) is 42.5 Å². The highest BCUT2D eigenvalue weighted by Gasteiger charge is 2.32. The Morgan fingerprint density at radius 3 is 2.54 bits per heavy atom. The van der Waals surface area contributed by atoms with E-state index in [0.717, 1.165) is 0 Å². The van der Waals surface area contributed by atoms with Gasteiger partial charge in [-0.3, -0.25) is 14.5 Å². The Morgan fingerprint density at radius 2 is 1.93 bits per heavy atom. The SMILES string of the molecule is NCC(=O)NCC1CN(c2ccc(-c3ccc(C(N)=O)cc3)c(F)c2)C(=O)O1. The molecule has 1 atom stereocenters. The molecule has 28 heavy (non-hydrogen) atoms. The number of amides is 3. The third-order valence-electron chi connectivity index (χ3n) is 4.33. The van der Waals surface area contributed by atoms with Gasteiger partial charge in [0, 0.05) is 11.1 Å². The number of rotatable bonds is 6. The lowest BCUT2D eigenvalue weighted by Gasteiger charge is -2.14. The van der Waals surface area contributed by atoms with Gasteiger partial charge in [0.05, 0.1) is 25.3 Å². The van der Waals surface area contributed by atoms with Crippen molar-refractivity contribution < 1.29 is 23.5 Å². The molecule has 2 aromatic rings. The summed E-state index contributed by atoms with van der Waals surface area (Å²) in [6.45, 7) is 0.151. The lowest BCUT2D eigenvalue weighted by atomic mass is 10.0. The molecule has 5 N–H and O–H groups in total. The lowest BCUT2D eigenvalue weighted by molar-refractivity contribution is -0.120. The number of nitrogens with one attached hydrogen (secondary N) is 1. The van der Waals surface area contributed by atoms with E-state index < -0.39 is 23.9 Å². The molecular formula is C19H19FN4O4. The maximum Gasteiger partial charge on any atom is 0.414 e. The molecule has 0 saturated carbocycles. The standard InChI is InChI=1S/C19H19FN4O4/c20-16-7-13(24-10-14(28-19(24)27)9-23-17(25)8-21)5-6-15(16)11-1-3-12(4-2-11)18(22)26/h1-7,14H,8-10,21H2,(H2,22,26)(H,23,25). The first-order valence-electron chi connectivity index (χ1n) is 8.53. The van der Waals surface area contributed by atoms with E-state index in [9.17, 15) is 18.8 Å². The van der Waals surface area contributed by atoms with Gasteiger partial charge in [0.2, 0.25) is 11.8 Å². The molecule has 0 bridgehead atoms. The number of cyclic esters (lactones) is 1. The van der Waals surface area contributed by atoms with Crippen molar-refractivity contribution in [3.8, 4) is 11.1 Å². The molecule has 0 aromatic heterocycles. The first kappa shape index (κ1) is 19.3. The first-order valence-corrected chi connectivity index (χ1v) is 8.53. The summed E-state index contributed by atoms with van der Waals surface area (Å²) < 4.78 is 19.8. The third-order valence-corrected chi connectivity index (χ3v) is 4.33. The van der Waals surface area contributed by atoms with Crippen molar-refractivity contribution in [2.45, 2.75) is 6.10 Å². The second kappa shape index (κ2) is 8.05. The summed E-state index contributed by atoms with van der Waals surface area (Å²) >= 11 is 0. The second-order valence-corrected chi connectivity index (χ2v) is 6.23. The van der Waals surface area contributed by atoms with E-state index in [4.69, 9.17) is 16.2 Å². The van der Waals surface area contributed by atoms with E-state index in [1.165, 1.54) is 23.1 Å². The van der Waals surface area contributed by atoms with Crippen LogP contribution < -0.4 is 21.7 Å². The molecular weight excluding hydrogens is 367 g/mol. The number of benzene rings is 2. The normalized spacial score (nSPS) is 16.0. The van der Waals surface area contributed by atoms with Gasteiger partial charge in [0.1, 0.15) is 11.9 Å². The number of nitrogens with zero attached hydrogens (tertiary/aromatic N) is 1. The van der Waals surface area contributed by atoms with Crippen LogP contribution in [-0.4, -0.2) is 43.6 Å². The summed E-state index contributed by atoms with van der Waals surface area (Å²) in [4.78, 5) is 35.7. The molecule has 8 nitrogen and oxygen atoms in total. The van der Waals surface area contributed by atoms with Gasteiger partial charge in [-0.25, -0.2) is 9.18 Å². The Labute approximate surface area is 160 Å². The molecule has 0 spiro atoms. The maximum absolute atomic E-state index is 14.6. The van der Waals surface area contributed by atoms with E-state index in [0.29, 0.717) is 22.4 Å². The van der Waals surface area contributed by atoms with Crippen molar-refractivity contribution in [2.75, 3.05) is 24.5 Å². The Hall–Kier alpha value is -3.46. The fraction of sp³-hybridized carbons (Fsp3) is 0.211. The van der Waals surface area contributed by atoms with E-state index >= 15 is 0 Å². The molecule has 1 aliphatic rings. The minimum atomic E-state index is -0.620. The van der Waals surface area contributed by atoms with Crippen LogP contribution in [0.4, 0.5) is 14.9 Å². The summed E-state index contributed by atoms with van der Waals surface area (Å²) in [5.41, 5.74) is 12.0. The lowest BCUT2D eigenvalue weighted by Crippen LogP contribution is -2.37. The highest BCUT2D eigenvalue weighted by molar-refractivity contribution is 5.93. The number of halogens is 1. The van der Waals surface area contributed by atoms with E-state index in [2.05, 4.69) is 5.32 Å². The van der Waals surface area contributed by atoms with Gasteiger partial charge >= 0.3 is 6.09 Å². The van der Waals surface area contributed by atoms with Gasteiger partial charge in [-0.2, -0.15) is 0 Å². The van der Waals surface area contributed by atoms with Gasteiger partial charge in [-0.1, -0.05) is 12.1 Å². The molecule has 146 valence electrons. The highest BCUT2D eigenvalue weighted by atomic mass is 19.1. The first-order chi connectivity index (χ1) is 13.4. The molecule has 1 aliphatic heterocycles. The van der Waals surface area contributed by atoms with Gasteiger partial charge < -0.3 is 21.5 Å². The molecule has 0 aliphatic carbocycles. The van der Waals surface area contributed by atoms with Crippen LogP contribution in [0.2, 0.25) is 0 Å². The van der Waals surface area contributed by atoms with Crippen LogP contribution in [0.25, 0.3) is 11.1 Å². The average Bonchev–Trinajstić information content (AvgIpc) is 3.06. The van der Waals surface area contributed by atoms with Crippen molar-refractivity contribution in [1.82, 2.24) is 5.32 Å². The van der Waals surface area contributed by atoms with Gasteiger partial charge in [0.15, 0.2) is 0 Å². The molecule has 2 aromatic carbocycles. The van der Waals surface area contributed by atoms with E-state index in [-0.39, 0.29) is 25.5 Å². The van der Waals surface area contributed by atoms with Crippen LogP contribution in [0.1, 0.15) is 10.4 Å². The van der Waals surface area contributed by atoms with E-state index in [1.54, 1.807) is 24.3 Å². The topological polar surface area (TPSA) is 128 Å². The average molecular weight is 386 g/mol. The minimum absolute atomic E-state index is 0.130. The number of carbonyl (C=O) groups is 3. The Balaban J connectivity index is 1.74. The summed E-state index contributed by atoms with van der Waals surface area (Å²) in [5, 5.41) is 2.55. The molecule has 1 saturated heterocycles. The van der Waals surface area contributed by atoms with Gasteiger partial charge in [0.25, 0.3) is 0 Å². The summed E-state index contributed by atoms with van der Waals surface area (Å²) in [6, 6.07) is 10.6. The predicted molar refractivity (Wildman–Crippen MR) is 100 cm³/mol. The molecule has 1 unspecified atom stereocenters. The predicted octanol–water partition coefficient (Wildman–Crippen LogP) is 0.992. The Morgan fingerprint density at radius 1 is 1.21 bits per heavy atom. The number of anilines is 1. The van der Waals surface area contributed by atoms with Crippen LogP contribution in [0.3, 0.4) is 0 Å². The number of carbonyl (C=O) groups excluding carboxylic acids is 3. The second-order valence-electron chi connectivity index (χ2n) is 6.23. The number of hydrogen-bond donors (Lipinski definition) is 3. The fourth-order valence-corrected chi connectivity index (χ4v) is 2.86. The zero-order valence-electron chi connectivity index (χ0n) is 14.9. The van der Waals surface area contributed by atoms with Crippen LogP contribution in [0.5, 0.6) is 0 Å². The largest absolute Gasteiger partial charge is 0.442 e. The van der Waals surface area contributed by atoms with Crippen LogP contribution in [-0.2, 0) is 9.53 Å². The molecule has 3 amide bonds. The summed E-state index contributed by atoms with van der Waals surface area (Å²) in [5.74, 6) is -1.45. The molecule has 0 radical (unpaired) electrons. The van der Waals surface area contributed by atoms with Gasteiger partial charge in [-0.15, -0.1) is 0 Å². The Bertz CT molecular complexity index is 917. The molecule has 3 rings (SSSR count). The molecule has 1 heterocycles. The van der Waals surface area contributed by atoms with Crippen molar-refractivity contribution in [3.05, 3.63) is 53.8 Å². The highest BCUT2D eigenvalue weighted by Crippen LogP contribution is 2.29. The zero-order valence-corrected chi connectivity index (χ0v) is 14.9. The Kier molecular flexibility index (Phi) is 5.55. The van der Waals surface area contributed by atoms with E-state index in [1.807, 2.05) is 0 Å². The third kappa shape index (κ3) is 4.09. The number of primary amides is 1. The maximum atomic E-state index is 14.6. The van der Waals surface area contributed by atoms with Gasteiger partial charge in [-0.05, 0) is 35.9 Å². The number of nitrogens with two attached hydrogens (primary N) is 2. The van der Waals surface area contributed by atoms with Crippen LogP contribution in [0, 0.1) is 5.82 Å². The quantitative estimate of drug-likeness (QED) is 0.682. The number of hydrogen-bond acceptors (Lipinski definition) is 5. The summed E-state index contributed by atoms with van der Waals surface area (Å²) in [6.07, 6.45) is -1.17. The van der Waals surface area contributed by atoms with Crippen molar-refractivity contribution in [2.24, 2.45) is 11.5 Å². The minimum Gasteiger partial charge on any atom is -0.442 e. The van der Waals surface area contributed by atoms with Crippen molar-refractivity contribution in [1.29, 1.82) is 0 Å². The molecule has 9 heteroatoms. The zero-order chi connectivity index (χ0) is 20.3. The van der Waals surface area contributed by atoms with Crippen LogP contribution >= 0.6 is 0 Å². The summed E-state index contributed by atoms with van der Waals surface area (Å²) in [7, 11) is 0. The number of ether oxygens (including phenoxy) is 1. The van der Waals surface area contributed by atoms with Crippen molar-refractivity contribution >= 4 is 23.6 Å².